The molecule has 0 saturated heterocycles. The van der Waals surface area contributed by atoms with Crippen molar-refractivity contribution in [2.24, 2.45) is 0 Å². The fourth-order valence-electron chi connectivity index (χ4n) is 1.32. The zero-order chi connectivity index (χ0) is 12.0. The first-order chi connectivity index (χ1) is 7.69. The molecule has 6 nitrogen and oxygen atoms in total. The van der Waals surface area contributed by atoms with Gasteiger partial charge in [-0.25, -0.2) is 0 Å². The van der Waals surface area contributed by atoms with Gasteiger partial charge in [-0.3, -0.25) is 10.1 Å². The van der Waals surface area contributed by atoms with Crippen LogP contribution in [0.15, 0.2) is 18.2 Å². The lowest BCUT2D eigenvalue weighted by Crippen LogP contribution is -2.04. The molecule has 0 aliphatic rings. The summed E-state index contributed by atoms with van der Waals surface area (Å²) in [5.74, 6) is 0. The lowest BCUT2D eigenvalue weighted by atomic mass is 10.2. The second-order valence-electron chi connectivity index (χ2n) is 3.24. The SMILES string of the molecule is CNc1ccc(NCCCO)cc1[N+](=O)[O-]. The van der Waals surface area contributed by atoms with Crippen LogP contribution in [0.1, 0.15) is 6.42 Å². The molecule has 0 fully saturated rings. The lowest BCUT2D eigenvalue weighted by Gasteiger charge is -2.07. The van der Waals surface area contributed by atoms with Crippen molar-refractivity contribution in [2.45, 2.75) is 6.42 Å². The number of aliphatic hydroxyl groups is 1. The molecule has 0 aliphatic carbocycles. The summed E-state index contributed by atoms with van der Waals surface area (Å²) in [5.41, 5.74) is 1.20. The molecule has 0 amide bonds. The van der Waals surface area contributed by atoms with E-state index in [9.17, 15) is 10.1 Å². The number of nitro groups is 1. The Kier molecular flexibility index (Phi) is 4.53. The molecule has 0 heterocycles. The van der Waals surface area contributed by atoms with Gasteiger partial charge in [-0.15, -0.1) is 0 Å². The highest BCUT2D eigenvalue weighted by molar-refractivity contribution is 5.67. The van der Waals surface area contributed by atoms with Crippen molar-refractivity contribution in [1.82, 2.24) is 0 Å². The molecule has 0 aliphatic heterocycles. The number of hydrogen-bond acceptors (Lipinski definition) is 5. The summed E-state index contributed by atoms with van der Waals surface area (Å²) >= 11 is 0. The molecule has 1 rings (SSSR count). The third-order valence-corrected chi connectivity index (χ3v) is 2.13. The number of nitrogens with zero attached hydrogens (tertiary/aromatic N) is 1. The third kappa shape index (κ3) is 3.09. The highest BCUT2D eigenvalue weighted by atomic mass is 16.6. The van der Waals surface area contributed by atoms with Crippen LogP contribution in [-0.2, 0) is 0 Å². The van der Waals surface area contributed by atoms with E-state index in [0.29, 0.717) is 24.3 Å². The molecule has 0 atom stereocenters. The number of anilines is 2. The summed E-state index contributed by atoms with van der Waals surface area (Å²) < 4.78 is 0. The third-order valence-electron chi connectivity index (χ3n) is 2.13. The van der Waals surface area contributed by atoms with E-state index in [2.05, 4.69) is 10.6 Å². The Bertz CT molecular complexity index is 368. The second-order valence-corrected chi connectivity index (χ2v) is 3.24. The predicted octanol–water partition coefficient (Wildman–Crippen LogP) is 1.43. The molecule has 0 unspecified atom stereocenters. The number of nitrogens with one attached hydrogen (secondary N) is 2. The van der Waals surface area contributed by atoms with Crippen LogP contribution >= 0.6 is 0 Å². The van der Waals surface area contributed by atoms with Gasteiger partial charge in [-0.05, 0) is 18.6 Å². The van der Waals surface area contributed by atoms with Crippen molar-refractivity contribution >= 4 is 17.1 Å². The Hall–Kier alpha value is -1.82. The zero-order valence-electron chi connectivity index (χ0n) is 9.06. The zero-order valence-corrected chi connectivity index (χ0v) is 9.06. The standard InChI is InChI=1S/C10H15N3O3/c1-11-9-4-3-8(12-5-2-6-14)7-10(9)13(15)16/h3-4,7,11-12,14H,2,5-6H2,1H3. The molecule has 0 radical (unpaired) electrons. The summed E-state index contributed by atoms with van der Waals surface area (Å²) in [6.45, 7) is 0.691. The Morgan fingerprint density at radius 3 is 2.81 bits per heavy atom. The quantitative estimate of drug-likeness (QED) is 0.387. The summed E-state index contributed by atoms with van der Waals surface area (Å²) in [6, 6.07) is 4.89. The maximum absolute atomic E-state index is 10.8. The minimum atomic E-state index is -0.428. The molecule has 0 aromatic heterocycles. The van der Waals surface area contributed by atoms with Crippen molar-refractivity contribution in [3.63, 3.8) is 0 Å². The number of hydrogen-bond donors (Lipinski definition) is 3. The van der Waals surface area contributed by atoms with Gasteiger partial charge in [0.25, 0.3) is 5.69 Å². The monoisotopic (exact) mass is 225 g/mol. The van der Waals surface area contributed by atoms with Gasteiger partial charge in [0.05, 0.1) is 4.92 Å². The van der Waals surface area contributed by atoms with E-state index in [0.717, 1.165) is 0 Å². The second kappa shape index (κ2) is 5.92. The number of aliphatic hydroxyl groups excluding tert-OH is 1. The van der Waals surface area contributed by atoms with Gasteiger partial charge in [0.15, 0.2) is 0 Å². The predicted molar refractivity (Wildman–Crippen MR) is 62.8 cm³/mol. The fourth-order valence-corrected chi connectivity index (χ4v) is 1.32. The molecule has 3 N–H and O–H groups in total. The maximum Gasteiger partial charge on any atom is 0.294 e. The van der Waals surface area contributed by atoms with Crippen molar-refractivity contribution in [3.05, 3.63) is 28.3 Å². The fraction of sp³-hybridized carbons (Fsp3) is 0.400. The van der Waals surface area contributed by atoms with Gasteiger partial charge in [-0.1, -0.05) is 0 Å². The first-order valence-corrected chi connectivity index (χ1v) is 5.00. The van der Waals surface area contributed by atoms with Gasteiger partial charge in [-0.2, -0.15) is 0 Å². The lowest BCUT2D eigenvalue weighted by molar-refractivity contribution is -0.383. The van der Waals surface area contributed by atoms with Gasteiger partial charge in [0.1, 0.15) is 5.69 Å². The molecular weight excluding hydrogens is 210 g/mol. The van der Waals surface area contributed by atoms with Crippen molar-refractivity contribution in [3.8, 4) is 0 Å². The molecule has 0 bridgehead atoms. The summed E-state index contributed by atoms with van der Waals surface area (Å²) in [5, 5.41) is 25.1. The summed E-state index contributed by atoms with van der Waals surface area (Å²) in [4.78, 5) is 10.3. The Balaban J connectivity index is 2.81. The van der Waals surface area contributed by atoms with Crippen LogP contribution in [0.25, 0.3) is 0 Å². The minimum absolute atomic E-state index is 0.0384. The summed E-state index contributed by atoms with van der Waals surface area (Å²) in [6.07, 6.45) is 0.613. The van der Waals surface area contributed by atoms with Gasteiger partial charge >= 0.3 is 0 Å². The van der Waals surface area contributed by atoms with E-state index >= 15 is 0 Å². The number of rotatable bonds is 6. The van der Waals surface area contributed by atoms with Crippen LogP contribution in [0.5, 0.6) is 0 Å². The Labute approximate surface area is 93.4 Å². The van der Waals surface area contributed by atoms with E-state index < -0.39 is 4.92 Å². The molecule has 6 heteroatoms. The molecule has 0 spiro atoms. The van der Waals surface area contributed by atoms with E-state index in [1.807, 2.05) is 0 Å². The Morgan fingerprint density at radius 1 is 1.50 bits per heavy atom. The number of nitro benzene ring substituents is 1. The van der Waals surface area contributed by atoms with Gasteiger partial charge < -0.3 is 15.7 Å². The first-order valence-electron chi connectivity index (χ1n) is 5.00. The summed E-state index contributed by atoms with van der Waals surface area (Å²) in [7, 11) is 1.64. The molecule has 1 aromatic carbocycles. The first kappa shape index (κ1) is 12.3. The molecule has 88 valence electrons. The van der Waals surface area contributed by atoms with Gasteiger partial charge in [0, 0.05) is 32.0 Å². The van der Waals surface area contributed by atoms with E-state index in [1.165, 1.54) is 6.07 Å². The minimum Gasteiger partial charge on any atom is -0.396 e. The van der Waals surface area contributed by atoms with Crippen LogP contribution in [0.3, 0.4) is 0 Å². The van der Waals surface area contributed by atoms with Crippen molar-refractivity contribution in [2.75, 3.05) is 30.8 Å². The van der Waals surface area contributed by atoms with Crippen LogP contribution in [0.2, 0.25) is 0 Å². The van der Waals surface area contributed by atoms with E-state index in [1.54, 1.807) is 19.2 Å². The van der Waals surface area contributed by atoms with Crippen LogP contribution < -0.4 is 10.6 Å². The average molecular weight is 225 g/mol. The molecule has 1 aromatic rings. The van der Waals surface area contributed by atoms with Crippen molar-refractivity contribution < 1.29 is 10.0 Å². The van der Waals surface area contributed by atoms with Crippen LogP contribution in [0.4, 0.5) is 17.1 Å². The largest absolute Gasteiger partial charge is 0.396 e. The van der Waals surface area contributed by atoms with Crippen molar-refractivity contribution in [1.29, 1.82) is 0 Å². The van der Waals surface area contributed by atoms with Gasteiger partial charge in [0.2, 0.25) is 0 Å². The highest BCUT2D eigenvalue weighted by Gasteiger charge is 2.12. The number of benzene rings is 1. The van der Waals surface area contributed by atoms with E-state index in [4.69, 9.17) is 5.11 Å². The molecule has 16 heavy (non-hydrogen) atoms. The topological polar surface area (TPSA) is 87.4 Å². The molecule has 0 saturated carbocycles. The Morgan fingerprint density at radius 2 is 2.25 bits per heavy atom. The average Bonchev–Trinajstić information content (AvgIpc) is 2.29. The molecular formula is C10H15N3O3. The smallest absolute Gasteiger partial charge is 0.294 e. The maximum atomic E-state index is 10.8. The highest BCUT2D eigenvalue weighted by Crippen LogP contribution is 2.27. The van der Waals surface area contributed by atoms with Crippen LogP contribution in [-0.4, -0.2) is 30.2 Å². The normalized spacial score (nSPS) is 9.88. The van der Waals surface area contributed by atoms with Crippen LogP contribution in [0, 0.1) is 10.1 Å². The van der Waals surface area contributed by atoms with E-state index in [-0.39, 0.29) is 12.3 Å².